The average Bonchev–Trinajstić information content (AvgIpc) is 2.34. The predicted octanol–water partition coefficient (Wildman–Crippen LogP) is 4.07. The van der Waals surface area contributed by atoms with Gasteiger partial charge in [0.1, 0.15) is 5.92 Å². The van der Waals surface area contributed by atoms with Gasteiger partial charge in [-0.2, -0.15) is 18.4 Å². The van der Waals surface area contributed by atoms with Crippen molar-refractivity contribution in [2.24, 2.45) is 11.8 Å². The summed E-state index contributed by atoms with van der Waals surface area (Å²) in [5, 5.41) is 8.95. The number of nitriles is 1. The van der Waals surface area contributed by atoms with E-state index in [1.54, 1.807) is 6.07 Å². The van der Waals surface area contributed by atoms with Crippen molar-refractivity contribution in [3.63, 3.8) is 0 Å². The summed E-state index contributed by atoms with van der Waals surface area (Å²) in [5.74, 6) is -1.74. The van der Waals surface area contributed by atoms with Crippen LogP contribution in [0.4, 0.5) is 13.2 Å². The third-order valence-corrected chi connectivity index (χ3v) is 2.68. The second kappa shape index (κ2) is 5.87. The van der Waals surface area contributed by atoms with Crippen LogP contribution in [0.15, 0.2) is 24.3 Å². The van der Waals surface area contributed by atoms with Crippen LogP contribution in [0.25, 0.3) is 0 Å². The lowest BCUT2D eigenvalue weighted by Crippen LogP contribution is -2.20. The lowest BCUT2D eigenvalue weighted by Gasteiger charge is -2.15. The van der Waals surface area contributed by atoms with Crippen molar-refractivity contribution in [1.29, 1.82) is 5.26 Å². The smallest absolute Gasteiger partial charge is 0.293 e. The number of benzene rings is 1. The highest BCUT2D eigenvalue weighted by molar-refractivity contribution is 6.00. The van der Waals surface area contributed by atoms with Crippen LogP contribution >= 0.6 is 0 Å². The van der Waals surface area contributed by atoms with Crippen molar-refractivity contribution in [3.05, 3.63) is 35.4 Å². The first-order valence-electron chi connectivity index (χ1n) is 5.87. The quantitative estimate of drug-likeness (QED) is 0.773. The zero-order chi connectivity index (χ0) is 14.6. The molecule has 19 heavy (non-hydrogen) atoms. The third kappa shape index (κ3) is 3.82. The maximum atomic E-state index is 12.8. The van der Waals surface area contributed by atoms with Crippen molar-refractivity contribution in [1.82, 2.24) is 0 Å². The molecule has 0 saturated heterocycles. The Labute approximate surface area is 109 Å². The molecule has 1 aromatic rings. The van der Waals surface area contributed by atoms with E-state index in [9.17, 15) is 18.0 Å². The molecule has 0 heterocycles. The summed E-state index contributed by atoms with van der Waals surface area (Å²) < 4.78 is 38.4. The van der Waals surface area contributed by atoms with E-state index in [1.807, 2.05) is 13.8 Å². The van der Waals surface area contributed by atoms with E-state index < -0.39 is 29.0 Å². The van der Waals surface area contributed by atoms with Crippen LogP contribution in [0, 0.1) is 23.2 Å². The number of alkyl halides is 3. The maximum Gasteiger partial charge on any atom is 0.417 e. The van der Waals surface area contributed by atoms with Crippen LogP contribution < -0.4 is 0 Å². The summed E-state index contributed by atoms with van der Waals surface area (Å²) in [6.45, 7) is 3.63. The highest BCUT2D eigenvalue weighted by atomic mass is 19.4. The number of hydrogen-bond donors (Lipinski definition) is 0. The Hall–Kier alpha value is -1.83. The number of Topliss-reactive ketones (excluding diaryl/α,β-unsaturated/α-hetero) is 1. The van der Waals surface area contributed by atoms with Crippen molar-refractivity contribution >= 4 is 5.78 Å². The molecular weight excluding hydrogens is 255 g/mol. The summed E-state index contributed by atoms with van der Waals surface area (Å²) in [5.41, 5.74) is -1.41. The molecule has 1 aromatic carbocycles. The minimum absolute atomic E-state index is 0.0617. The molecule has 1 rings (SSSR count). The molecule has 0 saturated carbocycles. The summed E-state index contributed by atoms with van der Waals surface area (Å²) in [6, 6.07) is 6.37. The van der Waals surface area contributed by atoms with E-state index in [-0.39, 0.29) is 12.3 Å². The van der Waals surface area contributed by atoms with Crippen LogP contribution in [0.5, 0.6) is 0 Å². The standard InChI is InChI=1S/C14H14F3NO/c1-9(2)7-10(8-18)13(19)11-5-3-4-6-12(11)14(15,16)17/h3-6,9-10H,7H2,1-2H3. The minimum atomic E-state index is -4.59. The van der Waals surface area contributed by atoms with Gasteiger partial charge in [-0.25, -0.2) is 0 Å². The minimum Gasteiger partial charge on any atom is -0.293 e. The van der Waals surface area contributed by atoms with E-state index in [1.165, 1.54) is 12.1 Å². The fraction of sp³-hybridized carbons (Fsp3) is 0.429. The monoisotopic (exact) mass is 269 g/mol. The lowest BCUT2D eigenvalue weighted by molar-refractivity contribution is -0.137. The molecule has 0 aliphatic heterocycles. The molecule has 1 unspecified atom stereocenters. The summed E-state index contributed by atoms with van der Waals surface area (Å²) in [4.78, 5) is 12.1. The number of halogens is 3. The Bertz CT molecular complexity index is 500. The van der Waals surface area contributed by atoms with E-state index >= 15 is 0 Å². The molecule has 0 amide bonds. The Kier molecular flexibility index (Phi) is 4.71. The van der Waals surface area contributed by atoms with Gasteiger partial charge in [0.25, 0.3) is 0 Å². The van der Waals surface area contributed by atoms with Crippen molar-refractivity contribution in [3.8, 4) is 6.07 Å². The number of carbonyl (C=O) groups is 1. The normalized spacial score (nSPS) is 13.1. The molecule has 102 valence electrons. The molecule has 0 radical (unpaired) electrons. The van der Waals surface area contributed by atoms with Gasteiger partial charge in [-0.15, -0.1) is 0 Å². The molecule has 0 aliphatic carbocycles. The molecule has 0 aliphatic rings. The Morgan fingerprint density at radius 1 is 1.32 bits per heavy atom. The Morgan fingerprint density at radius 3 is 2.37 bits per heavy atom. The second-order valence-electron chi connectivity index (χ2n) is 4.72. The average molecular weight is 269 g/mol. The SMILES string of the molecule is CC(C)CC(C#N)C(=O)c1ccccc1C(F)(F)F. The number of hydrogen-bond acceptors (Lipinski definition) is 2. The first kappa shape index (κ1) is 15.2. The van der Waals surface area contributed by atoms with Crippen molar-refractivity contribution in [2.45, 2.75) is 26.4 Å². The van der Waals surface area contributed by atoms with Gasteiger partial charge in [-0.1, -0.05) is 32.0 Å². The van der Waals surface area contributed by atoms with Crippen LogP contribution in [0.2, 0.25) is 0 Å². The summed E-state index contributed by atoms with van der Waals surface area (Å²) >= 11 is 0. The Balaban J connectivity index is 3.16. The van der Waals surface area contributed by atoms with E-state index in [0.717, 1.165) is 12.1 Å². The zero-order valence-electron chi connectivity index (χ0n) is 10.7. The van der Waals surface area contributed by atoms with Crippen molar-refractivity contribution < 1.29 is 18.0 Å². The highest BCUT2D eigenvalue weighted by Gasteiger charge is 2.36. The molecule has 2 nitrogen and oxygen atoms in total. The fourth-order valence-electron chi connectivity index (χ4n) is 1.82. The molecule has 0 aromatic heterocycles. The number of rotatable bonds is 4. The number of ketones is 1. The van der Waals surface area contributed by atoms with Gasteiger partial charge < -0.3 is 0 Å². The first-order valence-corrected chi connectivity index (χ1v) is 5.87. The van der Waals surface area contributed by atoms with Gasteiger partial charge in [0, 0.05) is 5.56 Å². The molecule has 5 heteroatoms. The largest absolute Gasteiger partial charge is 0.417 e. The third-order valence-electron chi connectivity index (χ3n) is 2.68. The van der Waals surface area contributed by atoms with Gasteiger partial charge in [0.15, 0.2) is 5.78 Å². The van der Waals surface area contributed by atoms with E-state index in [4.69, 9.17) is 5.26 Å². The van der Waals surface area contributed by atoms with E-state index in [0.29, 0.717) is 0 Å². The molecule has 0 fully saturated rings. The molecule has 1 atom stereocenters. The highest BCUT2D eigenvalue weighted by Crippen LogP contribution is 2.33. The van der Waals surface area contributed by atoms with Crippen molar-refractivity contribution in [2.75, 3.05) is 0 Å². The van der Waals surface area contributed by atoms with Gasteiger partial charge in [-0.3, -0.25) is 4.79 Å². The molecular formula is C14H14F3NO. The van der Waals surface area contributed by atoms with Crippen LogP contribution in [-0.2, 0) is 6.18 Å². The van der Waals surface area contributed by atoms with Crippen LogP contribution in [-0.4, -0.2) is 5.78 Å². The van der Waals surface area contributed by atoms with Crippen LogP contribution in [0.1, 0.15) is 36.2 Å². The zero-order valence-corrected chi connectivity index (χ0v) is 10.7. The second-order valence-corrected chi connectivity index (χ2v) is 4.72. The van der Waals surface area contributed by atoms with Crippen LogP contribution in [0.3, 0.4) is 0 Å². The summed E-state index contributed by atoms with van der Waals surface area (Å²) in [7, 11) is 0. The van der Waals surface area contributed by atoms with Gasteiger partial charge in [-0.05, 0) is 18.4 Å². The van der Waals surface area contributed by atoms with E-state index in [2.05, 4.69) is 0 Å². The number of carbonyl (C=O) groups excluding carboxylic acids is 1. The molecule has 0 spiro atoms. The van der Waals surface area contributed by atoms with Gasteiger partial charge in [0.2, 0.25) is 0 Å². The predicted molar refractivity (Wildman–Crippen MR) is 64.3 cm³/mol. The Morgan fingerprint density at radius 2 is 1.89 bits per heavy atom. The topological polar surface area (TPSA) is 40.9 Å². The maximum absolute atomic E-state index is 12.8. The summed E-state index contributed by atoms with van der Waals surface area (Å²) in [6.07, 6.45) is -4.34. The molecule has 0 bridgehead atoms. The number of nitrogens with zero attached hydrogens (tertiary/aromatic N) is 1. The lowest BCUT2D eigenvalue weighted by atomic mass is 9.89. The van der Waals surface area contributed by atoms with Gasteiger partial charge >= 0.3 is 6.18 Å². The molecule has 0 N–H and O–H groups in total. The fourth-order valence-corrected chi connectivity index (χ4v) is 1.82. The first-order chi connectivity index (χ1) is 8.77. The van der Waals surface area contributed by atoms with Gasteiger partial charge in [0.05, 0.1) is 11.6 Å².